The first-order chi connectivity index (χ1) is 11.8. The van der Waals surface area contributed by atoms with Crippen molar-refractivity contribution in [2.24, 2.45) is 0 Å². The summed E-state index contributed by atoms with van der Waals surface area (Å²) in [4.78, 5) is 0. The molecule has 1 aromatic carbocycles. The van der Waals surface area contributed by atoms with Crippen LogP contribution in [0.15, 0.2) is 29.4 Å². The maximum absolute atomic E-state index is 5.83. The van der Waals surface area contributed by atoms with Crippen molar-refractivity contribution in [1.29, 1.82) is 0 Å². The van der Waals surface area contributed by atoms with Crippen LogP contribution >= 0.6 is 11.8 Å². The van der Waals surface area contributed by atoms with Crippen LogP contribution in [0.3, 0.4) is 0 Å². The van der Waals surface area contributed by atoms with Gasteiger partial charge in [-0.3, -0.25) is 4.57 Å². The lowest BCUT2D eigenvalue weighted by molar-refractivity contribution is 0.0953. The third-order valence-electron chi connectivity index (χ3n) is 4.20. The van der Waals surface area contributed by atoms with Crippen LogP contribution in [0, 0.1) is 0 Å². The highest BCUT2D eigenvalue weighted by atomic mass is 32.2. The van der Waals surface area contributed by atoms with Crippen molar-refractivity contribution in [3.05, 3.63) is 24.3 Å². The van der Waals surface area contributed by atoms with Gasteiger partial charge in [-0.2, -0.15) is 0 Å². The van der Waals surface area contributed by atoms with E-state index in [2.05, 4.69) is 21.7 Å². The second-order valence-corrected chi connectivity index (χ2v) is 7.04. The Kier molecular flexibility index (Phi) is 6.15. The number of ether oxygens (including phenoxy) is 2. The topological polar surface area (TPSA) is 49.2 Å². The number of hydrogen-bond acceptors (Lipinski definition) is 5. The Morgan fingerprint density at radius 3 is 2.79 bits per heavy atom. The average Bonchev–Trinajstić information content (AvgIpc) is 3.26. The molecule has 0 saturated carbocycles. The van der Waals surface area contributed by atoms with Crippen LogP contribution in [0.2, 0.25) is 0 Å². The van der Waals surface area contributed by atoms with Gasteiger partial charge in [0.2, 0.25) is 0 Å². The summed E-state index contributed by atoms with van der Waals surface area (Å²) in [5, 5.41) is 9.89. The van der Waals surface area contributed by atoms with Gasteiger partial charge < -0.3 is 9.47 Å². The molecular weight excluding hydrogens is 322 g/mol. The molecule has 0 amide bonds. The van der Waals surface area contributed by atoms with Crippen molar-refractivity contribution >= 4 is 11.8 Å². The van der Waals surface area contributed by atoms with Gasteiger partial charge in [0, 0.05) is 17.9 Å². The SMILES string of the molecule is CCCCSc1nnc(-c2ccc(OC)cc2)n1CC1CCCO1. The zero-order valence-corrected chi connectivity index (χ0v) is 15.2. The Hall–Kier alpha value is -1.53. The van der Waals surface area contributed by atoms with Gasteiger partial charge in [-0.25, -0.2) is 0 Å². The predicted molar refractivity (Wildman–Crippen MR) is 96.6 cm³/mol. The van der Waals surface area contributed by atoms with Crippen LogP contribution in [0.1, 0.15) is 32.6 Å². The summed E-state index contributed by atoms with van der Waals surface area (Å²) in [5.41, 5.74) is 1.06. The summed E-state index contributed by atoms with van der Waals surface area (Å²) in [7, 11) is 1.68. The van der Waals surface area contributed by atoms with Crippen molar-refractivity contribution in [3.63, 3.8) is 0 Å². The lowest BCUT2D eigenvalue weighted by atomic mass is 10.2. The first-order valence-corrected chi connectivity index (χ1v) is 9.62. The second-order valence-electron chi connectivity index (χ2n) is 5.98. The maximum atomic E-state index is 5.83. The van der Waals surface area contributed by atoms with E-state index >= 15 is 0 Å². The number of hydrogen-bond donors (Lipinski definition) is 0. The highest BCUT2D eigenvalue weighted by Gasteiger charge is 2.21. The van der Waals surface area contributed by atoms with E-state index in [4.69, 9.17) is 9.47 Å². The second kappa shape index (κ2) is 8.53. The fourth-order valence-electron chi connectivity index (χ4n) is 2.81. The summed E-state index contributed by atoms with van der Waals surface area (Å²) >= 11 is 1.79. The summed E-state index contributed by atoms with van der Waals surface area (Å²) in [6, 6.07) is 8.00. The molecule has 2 heterocycles. The Balaban J connectivity index is 1.85. The summed E-state index contributed by atoms with van der Waals surface area (Å²) in [6.07, 6.45) is 4.90. The van der Waals surface area contributed by atoms with E-state index < -0.39 is 0 Å². The van der Waals surface area contributed by atoms with Crippen molar-refractivity contribution in [2.75, 3.05) is 19.5 Å². The number of thioether (sulfide) groups is 1. The van der Waals surface area contributed by atoms with Crippen LogP contribution in [0.25, 0.3) is 11.4 Å². The van der Waals surface area contributed by atoms with Crippen molar-refractivity contribution in [3.8, 4) is 17.1 Å². The third kappa shape index (κ3) is 4.11. The minimum absolute atomic E-state index is 0.267. The molecule has 0 radical (unpaired) electrons. The normalized spacial score (nSPS) is 17.3. The van der Waals surface area contributed by atoms with Gasteiger partial charge in [-0.15, -0.1) is 10.2 Å². The Morgan fingerprint density at radius 2 is 2.12 bits per heavy atom. The van der Waals surface area contributed by atoms with E-state index in [1.54, 1.807) is 18.9 Å². The first kappa shape index (κ1) is 17.3. The molecule has 1 atom stereocenters. The predicted octanol–water partition coefficient (Wildman–Crippen LogP) is 4.02. The highest BCUT2D eigenvalue weighted by Crippen LogP contribution is 2.28. The van der Waals surface area contributed by atoms with Gasteiger partial charge in [-0.05, 0) is 43.5 Å². The molecule has 6 heteroatoms. The van der Waals surface area contributed by atoms with Gasteiger partial charge in [-0.1, -0.05) is 25.1 Å². The molecule has 0 spiro atoms. The molecule has 1 saturated heterocycles. The monoisotopic (exact) mass is 347 g/mol. The van der Waals surface area contributed by atoms with Crippen molar-refractivity contribution in [2.45, 2.75) is 50.4 Å². The Bertz CT molecular complexity index is 636. The van der Waals surface area contributed by atoms with E-state index in [0.29, 0.717) is 0 Å². The minimum Gasteiger partial charge on any atom is -0.497 e. The largest absolute Gasteiger partial charge is 0.497 e. The number of aromatic nitrogens is 3. The lowest BCUT2D eigenvalue weighted by Crippen LogP contribution is -2.16. The van der Waals surface area contributed by atoms with Gasteiger partial charge in [0.15, 0.2) is 11.0 Å². The molecule has 5 nitrogen and oxygen atoms in total. The Labute approximate surface area is 147 Å². The van der Waals surface area contributed by atoms with Crippen LogP contribution in [-0.4, -0.2) is 40.3 Å². The maximum Gasteiger partial charge on any atom is 0.191 e. The molecule has 1 aliphatic heterocycles. The zero-order valence-electron chi connectivity index (χ0n) is 14.4. The molecule has 1 fully saturated rings. The molecule has 130 valence electrons. The van der Waals surface area contributed by atoms with Crippen LogP contribution in [0.4, 0.5) is 0 Å². The van der Waals surface area contributed by atoms with Crippen LogP contribution < -0.4 is 4.74 Å². The number of benzene rings is 1. The molecule has 0 aliphatic carbocycles. The number of methoxy groups -OCH3 is 1. The van der Waals surface area contributed by atoms with Gasteiger partial charge in [0.1, 0.15) is 5.75 Å². The first-order valence-electron chi connectivity index (χ1n) is 8.64. The fraction of sp³-hybridized carbons (Fsp3) is 0.556. The van der Waals surface area contributed by atoms with Crippen LogP contribution in [0.5, 0.6) is 5.75 Å². The smallest absolute Gasteiger partial charge is 0.191 e. The van der Waals surface area contributed by atoms with E-state index in [0.717, 1.165) is 54.0 Å². The molecule has 3 rings (SSSR count). The van der Waals surface area contributed by atoms with E-state index in [-0.39, 0.29) is 6.10 Å². The standard InChI is InChI=1S/C18H25N3O2S/c1-3-4-12-24-18-20-19-17(14-7-9-15(22-2)10-8-14)21(18)13-16-6-5-11-23-16/h7-10,16H,3-6,11-13H2,1-2H3. The number of unbranched alkanes of at least 4 members (excludes halogenated alkanes) is 1. The number of nitrogens with zero attached hydrogens (tertiary/aromatic N) is 3. The van der Waals surface area contributed by atoms with Crippen molar-refractivity contribution in [1.82, 2.24) is 14.8 Å². The molecule has 1 aromatic heterocycles. The molecular formula is C18H25N3O2S. The van der Waals surface area contributed by atoms with Gasteiger partial charge >= 0.3 is 0 Å². The lowest BCUT2D eigenvalue weighted by Gasteiger charge is -2.14. The molecule has 0 bridgehead atoms. The van der Waals surface area contributed by atoms with E-state index in [9.17, 15) is 0 Å². The third-order valence-corrected chi connectivity index (χ3v) is 5.26. The van der Waals surface area contributed by atoms with Crippen molar-refractivity contribution < 1.29 is 9.47 Å². The molecule has 2 aromatic rings. The molecule has 1 aliphatic rings. The minimum atomic E-state index is 0.267. The number of rotatable bonds is 8. The summed E-state index contributed by atoms with van der Waals surface area (Å²) in [5.74, 6) is 2.83. The Morgan fingerprint density at radius 1 is 1.29 bits per heavy atom. The van der Waals surface area contributed by atoms with Gasteiger partial charge in [0.05, 0.1) is 19.8 Å². The average molecular weight is 347 g/mol. The summed E-state index contributed by atoms with van der Waals surface area (Å²) < 4.78 is 13.3. The summed E-state index contributed by atoms with van der Waals surface area (Å²) in [6.45, 7) is 3.90. The fourth-order valence-corrected chi connectivity index (χ4v) is 3.84. The van der Waals surface area contributed by atoms with Crippen LogP contribution in [-0.2, 0) is 11.3 Å². The molecule has 0 N–H and O–H groups in total. The zero-order chi connectivity index (χ0) is 16.8. The highest BCUT2D eigenvalue weighted by molar-refractivity contribution is 7.99. The molecule has 24 heavy (non-hydrogen) atoms. The quantitative estimate of drug-likeness (QED) is 0.533. The van der Waals surface area contributed by atoms with E-state index in [1.807, 2.05) is 24.3 Å². The van der Waals surface area contributed by atoms with Gasteiger partial charge in [0.25, 0.3) is 0 Å². The molecule has 1 unspecified atom stereocenters. The van der Waals surface area contributed by atoms with E-state index in [1.165, 1.54) is 12.8 Å².